The predicted octanol–water partition coefficient (Wildman–Crippen LogP) is 3.66. The van der Waals surface area contributed by atoms with Crippen LogP contribution in [0.25, 0.3) is 0 Å². The minimum Gasteiger partial charge on any atom is -0.506 e. The molecule has 2 aromatic rings. The van der Waals surface area contributed by atoms with Crippen LogP contribution in [0.5, 0.6) is 5.75 Å². The lowest BCUT2D eigenvalue weighted by molar-refractivity contribution is -0.385. The second-order valence-electron chi connectivity index (χ2n) is 5.11. The Labute approximate surface area is 148 Å². The third kappa shape index (κ3) is 4.62. The molecule has 2 aromatic carbocycles. The first kappa shape index (κ1) is 19.5. The molecule has 0 bridgehead atoms. The van der Waals surface area contributed by atoms with Gasteiger partial charge >= 0.3 is 18.2 Å². The number of aromatic carboxylic acids is 1. The third-order valence-corrected chi connectivity index (χ3v) is 3.24. The second-order valence-corrected chi connectivity index (χ2v) is 5.11. The van der Waals surface area contributed by atoms with Crippen LogP contribution < -0.4 is 10.6 Å². The minimum absolute atomic E-state index is 0.220. The number of amides is 2. The Balaban J connectivity index is 2.25. The Hall–Kier alpha value is -3.83. The third-order valence-electron chi connectivity index (χ3n) is 3.24. The number of nitro benzene ring substituents is 1. The van der Waals surface area contributed by atoms with Gasteiger partial charge in [0.05, 0.1) is 22.2 Å². The van der Waals surface area contributed by atoms with E-state index in [9.17, 15) is 38.0 Å². The van der Waals surface area contributed by atoms with Crippen LogP contribution >= 0.6 is 0 Å². The van der Waals surface area contributed by atoms with E-state index in [2.05, 4.69) is 5.32 Å². The Morgan fingerprint density at radius 1 is 1.11 bits per heavy atom. The monoisotopic (exact) mass is 385 g/mol. The number of rotatable bonds is 4. The number of hydrogen-bond acceptors (Lipinski definition) is 5. The average molecular weight is 385 g/mol. The summed E-state index contributed by atoms with van der Waals surface area (Å²) >= 11 is 0. The summed E-state index contributed by atoms with van der Waals surface area (Å²) in [6.45, 7) is 0. The molecule has 0 spiro atoms. The summed E-state index contributed by atoms with van der Waals surface area (Å²) in [7, 11) is 0. The molecule has 2 rings (SSSR count). The van der Waals surface area contributed by atoms with E-state index in [1.54, 1.807) is 0 Å². The molecular formula is C15H10F3N3O6. The van der Waals surface area contributed by atoms with E-state index in [4.69, 9.17) is 5.11 Å². The van der Waals surface area contributed by atoms with Gasteiger partial charge in [0.15, 0.2) is 0 Å². The van der Waals surface area contributed by atoms with Gasteiger partial charge in [0.2, 0.25) is 0 Å². The summed E-state index contributed by atoms with van der Waals surface area (Å²) in [6, 6.07) is 3.78. The zero-order valence-corrected chi connectivity index (χ0v) is 13.1. The van der Waals surface area contributed by atoms with Crippen molar-refractivity contribution in [2.75, 3.05) is 10.6 Å². The maximum Gasteiger partial charge on any atom is 0.416 e. The Morgan fingerprint density at radius 3 is 2.33 bits per heavy atom. The van der Waals surface area contributed by atoms with Crippen LogP contribution in [0.2, 0.25) is 0 Å². The van der Waals surface area contributed by atoms with Gasteiger partial charge in [-0.25, -0.2) is 9.59 Å². The van der Waals surface area contributed by atoms with E-state index in [-0.39, 0.29) is 5.69 Å². The van der Waals surface area contributed by atoms with Crippen molar-refractivity contribution in [3.8, 4) is 5.75 Å². The largest absolute Gasteiger partial charge is 0.506 e. The molecule has 0 heterocycles. The first-order chi connectivity index (χ1) is 12.5. The summed E-state index contributed by atoms with van der Waals surface area (Å²) in [4.78, 5) is 32.7. The fourth-order valence-corrected chi connectivity index (χ4v) is 2.06. The molecule has 0 atom stereocenters. The number of nitro groups is 1. The van der Waals surface area contributed by atoms with Crippen molar-refractivity contribution in [2.24, 2.45) is 0 Å². The molecule has 142 valence electrons. The van der Waals surface area contributed by atoms with Crippen LogP contribution in [0, 0.1) is 10.1 Å². The van der Waals surface area contributed by atoms with Crippen LogP contribution in [0.4, 0.5) is 35.0 Å². The highest BCUT2D eigenvalue weighted by molar-refractivity contribution is 6.02. The van der Waals surface area contributed by atoms with Crippen molar-refractivity contribution in [3.05, 3.63) is 57.6 Å². The molecule has 12 heteroatoms. The van der Waals surface area contributed by atoms with Crippen molar-refractivity contribution in [2.45, 2.75) is 6.18 Å². The number of carbonyl (C=O) groups is 2. The zero-order chi connectivity index (χ0) is 20.4. The molecule has 0 unspecified atom stereocenters. The molecule has 2 amide bonds. The highest BCUT2D eigenvalue weighted by atomic mass is 19.4. The number of nitrogens with zero attached hydrogens (tertiary/aromatic N) is 1. The number of urea groups is 1. The van der Waals surface area contributed by atoms with Gasteiger partial charge in [-0.05, 0) is 24.3 Å². The number of carboxylic acids is 1. The van der Waals surface area contributed by atoms with Crippen molar-refractivity contribution in [1.82, 2.24) is 0 Å². The zero-order valence-electron chi connectivity index (χ0n) is 13.1. The normalized spacial score (nSPS) is 10.9. The average Bonchev–Trinajstić information content (AvgIpc) is 2.55. The first-order valence-electron chi connectivity index (χ1n) is 6.99. The fourth-order valence-electron chi connectivity index (χ4n) is 2.06. The topological polar surface area (TPSA) is 142 Å². The number of hydrogen-bond donors (Lipinski definition) is 4. The van der Waals surface area contributed by atoms with Gasteiger partial charge in [0.25, 0.3) is 5.69 Å². The number of anilines is 2. The number of carboxylic acid groups (broad SMARTS) is 1. The van der Waals surface area contributed by atoms with Gasteiger partial charge in [-0.3, -0.25) is 10.1 Å². The van der Waals surface area contributed by atoms with E-state index >= 15 is 0 Å². The highest BCUT2D eigenvalue weighted by Gasteiger charge is 2.30. The summed E-state index contributed by atoms with van der Waals surface area (Å²) in [5, 5.41) is 33.6. The van der Waals surface area contributed by atoms with Crippen molar-refractivity contribution < 1.29 is 37.9 Å². The van der Waals surface area contributed by atoms with E-state index in [1.807, 2.05) is 5.32 Å². The van der Waals surface area contributed by atoms with E-state index in [0.29, 0.717) is 18.2 Å². The number of nitrogens with one attached hydrogen (secondary N) is 2. The van der Waals surface area contributed by atoms with Gasteiger partial charge in [-0.1, -0.05) is 6.07 Å². The number of aromatic hydroxyl groups is 1. The van der Waals surface area contributed by atoms with Crippen molar-refractivity contribution >= 4 is 29.1 Å². The molecular weight excluding hydrogens is 375 g/mol. The second kappa shape index (κ2) is 7.19. The maximum atomic E-state index is 12.7. The minimum atomic E-state index is -4.62. The van der Waals surface area contributed by atoms with Gasteiger partial charge < -0.3 is 20.8 Å². The molecule has 0 saturated carbocycles. The number of carbonyl (C=O) groups excluding carboxylic acids is 1. The van der Waals surface area contributed by atoms with E-state index in [0.717, 1.165) is 12.1 Å². The molecule has 0 radical (unpaired) electrons. The number of halogens is 3. The molecule has 27 heavy (non-hydrogen) atoms. The lowest BCUT2D eigenvalue weighted by Gasteiger charge is -2.12. The SMILES string of the molecule is O=C(Nc1cccc(C(F)(F)F)c1)Nc1cc(C(=O)O)c([N+](=O)[O-])cc1O. The van der Waals surface area contributed by atoms with Crippen molar-refractivity contribution in [1.29, 1.82) is 0 Å². The Bertz CT molecular complexity index is 929. The van der Waals surface area contributed by atoms with Crippen LogP contribution in [0.3, 0.4) is 0 Å². The molecule has 0 aromatic heterocycles. The maximum absolute atomic E-state index is 12.7. The molecule has 0 fully saturated rings. The lowest BCUT2D eigenvalue weighted by atomic mass is 10.1. The number of phenols is 1. The Kier molecular flexibility index (Phi) is 5.19. The summed E-state index contributed by atoms with van der Waals surface area (Å²) in [5.41, 5.74) is -3.41. The van der Waals surface area contributed by atoms with Gasteiger partial charge in [0, 0.05) is 5.69 Å². The lowest BCUT2D eigenvalue weighted by Crippen LogP contribution is -2.20. The smallest absolute Gasteiger partial charge is 0.416 e. The molecule has 0 aliphatic carbocycles. The highest BCUT2D eigenvalue weighted by Crippen LogP contribution is 2.33. The summed E-state index contributed by atoms with van der Waals surface area (Å²) in [5.74, 6) is -2.48. The molecule has 4 N–H and O–H groups in total. The quantitative estimate of drug-likeness (QED) is 0.359. The predicted molar refractivity (Wildman–Crippen MR) is 85.8 cm³/mol. The van der Waals surface area contributed by atoms with E-state index in [1.165, 1.54) is 6.07 Å². The van der Waals surface area contributed by atoms with E-state index < -0.39 is 51.4 Å². The van der Waals surface area contributed by atoms with Crippen LogP contribution in [0.15, 0.2) is 36.4 Å². The van der Waals surface area contributed by atoms with Crippen molar-refractivity contribution in [3.63, 3.8) is 0 Å². The summed E-state index contributed by atoms with van der Waals surface area (Å²) < 4.78 is 38.0. The fraction of sp³-hybridized carbons (Fsp3) is 0.0667. The molecule has 0 saturated heterocycles. The van der Waals surface area contributed by atoms with Crippen LogP contribution in [0.1, 0.15) is 15.9 Å². The Morgan fingerprint density at radius 2 is 1.78 bits per heavy atom. The van der Waals surface area contributed by atoms with Crippen LogP contribution in [-0.2, 0) is 6.18 Å². The number of benzene rings is 2. The molecule has 0 aliphatic rings. The number of phenolic OH excluding ortho intramolecular Hbond substituents is 1. The van der Waals surface area contributed by atoms with Crippen LogP contribution in [-0.4, -0.2) is 27.1 Å². The molecule has 0 aliphatic heterocycles. The first-order valence-corrected chi connectivity index (χ1v) is 6.99. The number of alkyl halides is 3. The molecule has 9 nitrogen and oxygen atoms in total. The van der Waals surface area contributed by atoms with Gasteiger partial charge in [0.1, 0.15) is 11.3 Å². The van der Waals surface area contributed by atoms with Gasteiger partial charge in [-0.2, -0.15) is 13.2 Å². The standard InChI is InChI=1S/C15H10F3N3O6/c16-15(17,18)7-2-1-3-8(4-7)19-14(25)20-10-5-9(13(23)24)11(21(26)27)6-12(10)22/h1-6,22H,(H,23,24)(H2,19,20,25). The summed E-state index contributed by atoms with van der Waals surface area (Å²) in [6.07, 6.45) is -4.62. The van der Waals surface area contributed by atoms with Gasteiger partial charge in [-0.15, -0.1) is 0 Å².